The zero-order valence-corrected chi connectivity index (χ0v) is 11.2. The molecule has 0 aromatic carbocycles. The Labute approximate surface area is 115 Å². The molecule has 8 heteroatoms. The monoisotopic (exact) mass is 277 g/mol. The van der Waals surface area contributed by atoms with Gasteiger partial charge in [-0.1, -0.05) is 0 Å². The van der Waals surface area contributed by atoms with E-state index in [2.05, 4.69) is 15.5 Å². The maximum Gasteiger partial charge on any atom is 0.354 e. The summed E-state index contributed by atoms with van der Waals surface area (Å²) >= 11 is 0. The number of carbonyl (C=O) groups excluding carboxylic acids is 1. The van der Waals surface area contributed by atoms with Crippen LogP contribution in [-0.2, 0) is 17.9 Å². The third-order valence-electron chi connectivity index (χ3n) is 2.78. The number of carboxylic acids is 1. The van der Waals surface area contributed by atoms with Gasteiger partial charge in [0.25, 0.3) is 0 Å². The number of nitrogens with zero attached hydrogens (tertiary/aromatic N) is 4. The average Bonchev–Trinajstić information content (AvgIpc) is 2.95. The highest BCUT2D eigenvalue weighted by Gasteiger charge is 2.14. The molecule has 0 saturated heterocycles. The summed E-state index contributed by atoms with van der Waals surface area (Å²) in [6, 6.07) is 3.09. The third kappa shape index (κ3) is 2.85. The highest BCUT2D eigenvalue weighted by Crippen LogP contribution is 2.08. The molecule has 2 aromatic heterocycles. The lowest BCUT2D eigenvalue weighted by molar-refractivity contribution is -0.116. The van der Waals surface area contributed by atoms with Crippen LogP contribution >= 0.6 is 0 Å². The number of aromatic nitrogens is 4. The zero-order chi connectivity index (χ0) is 14.7. The lowest BCUT2D eigenvalue weighted by Gasteiger charge is -2.04. The van der Waals surface area contributed by atoms with Gasteiger partial charge in [-0.2, -0.15) is 10.2 Å². The summed E-state index contributed by atoms with van der Waals surface area (Å²) < 4.78 is 2.88. The number of anilines is 1. The second-order valence-electron chi connectivity index (χ2n) is 4.21. The van der Waals surface area contributed by atoms with Crippen LogP contribution in [0.4, 0.5) is 5.82 Å². The van der Waals surface area contributed by atoms with Crippen molar-refractivity contribution >= 4 is 17.7 Å². The quantitative estimate of drug-likeness (QED) is 0.839. The number of carbonyl (C=O) groups is 2. The summed E-state index contributed by atoms with van der Waals surface area (Å²) in [6.45, 7) is 4.38. The Bertz CT molecular complexity index is 643. The Balaban J connectivity index is 2.05. The van der Waals surface area contributed by atoms with E-state index in [1.165, 1.54) is 12.3 Å². The van der Waals surface area contributed by atoms with E-state index < -0.39 is 5.97 Å². The van der Waals surface area contributed by atoms with Crippen molar-refractivity contribution in [3.63, 3.8) is 0 Å². The second kappa shape index (κ2) is 5.55. The van der Waals surface area contributed by atoms with Crippen LogP contribution < -0.4 is 5.32 Å². The van der Waals surface area contributed by atoms with Crippen LogP contribution in [0.15, 0.2) is 18.3 Å². The molecule has 1 amide bonds. The fourth-order valence-corrected chi connectivity index (χ4v) is 1.85. The summed E-state index contributed by atoms with van der Waals surface area (Å²) in [6.07, 6.45) is 1.34. The van der Waals surface area contributed by atoms with Gasteiger partial charge < -0.3 is 10.4 Å². The number of hydrogen-bond donors (Lipinski definition) is 2. The van der Waals surface area contributed by atoms with E-state index in [-0.39, 0.29) is 18.1 Å². The number of amides is 1. The first-order chi connectivity index (χ1) is 9.51. The van der Waals surface area contributed by atoms with Crippen LogP contribution in [-0.4, -0.2) is 36.5 Å². The molecule has 0 unspecified atom stereocenters. The summed E-state index contributed by atoms with van der Waals surface area (Å²) in [4.78, 5) is 22.8. The fraction of sp³-hybridized carbons (Fsp3) is 0.333. The Morgan fingerprint density at radius 2 is 2.15 bits per heavy atom. The molecule has 0 aliphatic carbocycles. The van der Waals surface area contributed by atoms with Gasteiger partial charge in [0, 0.05) is 24.5 Å². The van der Waals surface area contributed by atoms with Crippen molar-refractivity contribution in [1.29, 1.82) is 0 Å². The molecule has 0 aliphatic heterocycles. The van der Waals surface area contributed by atoms with Gasteiger partial charge >= 0.3 is 5.97 Å². The molecular formula is C12H15N5O3. The molecule has 0 saturated carbocycles. The minimum atomic E-state index is -1.12. The van der Waals surface area contributed by atoms with Crippen molar-refractivity contribution in [2.75, 3.05) is 5.32 Å². The summed E-state index contributed by atoms with van der Waals surface area (Å²) in [7, 11) is 0. The van der Waals surface area contributed by atoms with Crippen molar-refractivity contribution in [3.05, 3.63) is 29.7 Å². The molecule has 0 aliphatic rings. The smallest absolute Gasteiger partial charge is 0.354 e. The molecule has 0 spiro atoms. The Kier molecular flexibility index (Phi) is 3.83. The highest BCUT2D eigenvalue weighted by molar-refractivity contribution is 5.91. The molecule has 0 atom stereocenters. The lowest BCUT2D eigenvalue weighted by Crippen LogP contribution is -2.22. The van der Waals surface area contributed by atoms with E-state index >= 15 is 0 Å². The maximum absolute atomic E-state index is 11.8. The van der Waals surface area contributed by atoms with Gasteiger partial charge in [0.1, 0.15) is 12.2 Å². The Hall–Kier alpha value is -2.64. The minimum Gasteiger partial charge on any atom is -0.477 e. The molecule has 0 bridgehead atoms. The molecule has 106 valence electrons. The van der Waals surface area contributed by atoms with Gasteiger partial charge in [0.2, 0.25) is 5.91 Å². The van der Waals surface area contributed by atoms with Crippen LogP contribution in [0.1, 0.15) is 23.1 Å². The number of aryl methyl sites for hydroxylation is 2. The molecule has 0 radical (unpaired) electrons. The van der Waals surface area contributed by atoms with E-state index in [0.29, 0.717) is 12.4 Å². The predicted molar refractivity (Wildman–Crippen MR) is 70.5 cm³/mol. The first-order valence-corrected chi connectivity index (χ1v) is 6.10. The molecule has 2 heterocycles. The van der Waals surface area contributed by atoms with Gasteiger partial charge in [0.15, 0.2) is 5.82 Å². The zero-order valence-electron chi connectivity index (χ0n) is 11.2. The molecule has 20 heavy (non-hydrogen) atoms. The third-order valence-corrected chi connectivity index (χ3v) is 2.78. The number of aromatic carboxylic acids is 1. The van der Waals surface area contributed by atoms with E-state index in [9.17, 15) is 9.59 Å². The van der Waals surface area contributed by atoms with Crippen LogP contribution in [0.5, 0.6) is 0 Å². The summed E-state index contributed by atoms with van der Waals surface area (Å²) in [5.41, 5.74) is 0.906. The van der Waals surface area contributed by atoms with E-state index in [4.69, 9.17) is 5.11 Å². The van der Waals surface area contributed by atoms with Crippen molar-refractivity contribution in [1.82, 2.24) is 19.6 Å². The largest absolute Gasteiger partial charge is 0.477 e. The van der Waals surface area contributed by atoms with Gasteiger partial charge in [-0.3, -0.25) is 9.48 Å². The Morgan fingerprint density at radius 1 is 1.40 bits per heavy atom. The highest BCUT2D eigenvalue weighted by atomic mass is 16.4. The van der Waals surface area contributed by atoms with Crippen molar-refractivity contribution in [2.45, 2.75) is 26.9 Å². The first kappa shape index (κ1) is 13.8. The fourth-order valence-electron chi connectivity index (χ4n) is 1.85. The Morgan fingerprint density at radius 3 is 2.75 bits per heavy atom. The minimum absolute atomic E-state index is 0.0320. The van der Waals surface area contributed by atoms with Crippen LogP contribution in [0.2, 0.25) is 0 Å². The molecule has 2 rings (SSSR count). The topological polar surface area (TPSA) is 102 Å². The molecule has 2 aromatic rings. The second-order valence-corrected chi connectivity index (χ2v) is 4.21. The number of carboxylic acid groups (broad SMARTS) is 1. The standard InChI is InChI=1S/C12H15N5O3/c1-3-16-8(2)6-10(15-16)14-11(18)7-17-9(12(19)20)4-5-13-17/h4-6H,3,7H2,1-2H3,(H,19,20)(H,14,15,18). The van der Waals surface area contributed by atoms with Crippen LogP contribution in [0, 0.1) is 6.92 Å². The number of hydrogen-bond acceptors (Lipinski definition) is 4. The average molecular weight is 277 g/mol. The summed E-state index contributed by atoms with van der Waals surface area (Å²) in [5, 5.41) is 19.5. The normalized spacial score (nSPS) is 10.5. The molecular weight excluding hydrogens is 262 g/mol. The summed E-state index contributed by atoms with van der Waals surface area (Å²) in [5.74, 6) is -1.06. The van der Waals surface area contributed by atoms with Crippen molar-refractivity contribution < 1.29 is 14.7 Å². The molecule has 2 N–H and O–H groups in total. The first-order valence-electron chi connectivity index (χ1n) is 6.10. The van der Waals surface area contributed by atoms with E-state index in [0.717, 1.165) is 10.4 Å². The van der Waals surface area contributed by atoms with E-state index in [1.807, 2.05) is 13.8 Å². The predicted octanol–water partition coefficient (Wildman–Crippen LogP) is 0.745. The number of nitrogens with one attached hydrogen (secondary N) is 1. The van der Waals surface area contributed by atoms with Crippen molar-refractivity contribution in [3.8, 4) is 0 Å². The van der Waals surface area contributed by atoms with Crippen LogP contribution in [0.25, 0.3) is 0 Å². The van der Waals surface area contributed by atoms with Crippen LogP contribution in [0.3, 0.4) is 0 Å². The molecule has 0 fully saturated rings. The van der Waals surface area contributed by atoms with Gasteiger partial charge in [-0.15, -0.1) is 0 Å². The maximum atomic E-state index is 11.8. The van der Waals surface area contributed by atoms with Gasteiger partial charge in [0.05, 0.1) is 0 Å². The van der Waals surface area contributed by atoms with Crippen molar-refractivity contribution in [2.24, 2.45) is 0 Å². The van der Waals surface area contributed by atoms with Gasteiger partial charge in [-0.05, 0) is 19.9 Å². The van der Waals surface area contributed by atoms with E-state index in [1.54, 1.807) is 10.7 Å². The lowest BCUT2D eigenvalue weighted by atomic mass is 10.4. The molecule has 8 nitrogen and oxygen atoms in total. The SMILES string of the molecule is CCn1nc(NC(=O)Cn2nccc2C(=O)O)cc1C. The number of rotatable bonds is 5. The van der Waals surface area contributed by atoms with Gasteiger partial charge in [-0.25, -0.2) is 9.48 Å².